The molecule has 0 atom stereocenters. The Hall–Kier alpha value is -2.31. The van der Waals surface area contributed by atoms with Gasteiger partial charge < -0.3 is 0 Å². The highest BCUT2D eigenvalue weighted by atomic mass is 32.2. The fourth-order valence-corrected chi connectivity index (χ4v) is 4.43. The molecule has 12 heteroatoms. The minimum absolute atomic E-state index is 0.0361. The average Bonchev–Trinajstić information content (AvgIpc) is 2.62. The fraction of sp³-hybridized carbons (Fsp3) is 0.182. The van der Waals surface area contributed by atoms with Gasteiger partial charge in [0.15, 0.2) is 0 Å². The summed E-state index contributed by atoms with van der Waals surface area (Å²) in [6.07, 6.45) is 0. The number of nitrogens with zero attached hydrogens (tertiary/aromatic N) is 2. The van der Waals surface area contributed by atoms with Crippen LogP contribution in [0.4, 0.5) is 5.69 Å². The number of rotatable bonds is 4. The molecule has 0 fully saturated rings. The summed E-state index contributed by atoms with van der Waals surface area (Å²) in [5, 5.41) is 10.5. The molecule has 1 aromatic rings. The maximum absolute atomic E-state index is 12.2. The third kappa shape index (κ3) is 2.83. The van der Waals surface area contributed by atoms with Crippen LogP contribution < -0.4 is 4.83 Å². The van der Waals surface area contributed by atoms with Gasteiger partial charge in [0.05, 0.1) is 14.7 Å². The molecule has 1 aromatic carbocycles. The molecule has 124 valence electrons. The van der Waals surface area contributed by atoms with E-state index in [0.29, 0.717) is 0 Å². The van der Waals surface area contributed by atoms with Crippen molar-refractivity contribution in [3.63, 3.8) is 0 Å². The Kier molecular flexibility index (Phi) is 4.00. The van der Waals surface area contributed by atoms with Crippen molar-refractivity contribution >= 4 is 31.6 Å². The zero-order valence-corrected chi connectivity index (χ0v) is 13.5. The van der Waals surface area contributed by atoms with Gasteiger partial charge in [0.2, 0.25) is 0 Å². The third-order valence-corrected chi connectivity index (χ3v) is 6.47. The lowest BCUT2D eigenvalue weighted by atomic mass is 10.3. The number of hydrazine groups is 1. The first-order chi connectivity index (χ1) is 10.5. The van der Waals surface area contributed by atoms with Crippen molar-refractivity contribution in [2.24, 2.45) is 0 Å². The van der Waals surface area contributed by atoms with Gasteiger partial charge in [0.25, 0.3) is 31.6 Å². The number of carbonyl (C=O) groups is 1. The minimum Gasteiger partial charge on any atom is -0.267 e. The van der Waals surface area contributed by atoms with E-state index in [2.05, 4.69) is 0 Å². The number of nitro benzene ring substituents is 1. The van der Waals surface area contributed by atoms with Crippen LogP contribution in [0.1, 0.15) is 13.8 Å². The molecule has 1 aliphatic rings. The summed E-state index contributed by atoms with van der Waals surface area (Å²) in [5.41, 5.74) is -0.432. The molecule has 0 aliphatic carbocycles. The number of hydrogen-bond donors (Lipinski definition) is 1. The Morgan fingerprint density at radius 1 is 1.17 bits per heavy atom. The normalized spacial score (nSPS) is 17.7. The summed E-state index contributed by atoms with van der Waals surface area (Å²) in [5.74, 6) is -1.01. The topological polar surface area (TPSA) is 144 Å². The van der Waals surface area contributed by atoms with Crippen molar-refractivity contribution in [1.29, 1.82) is 0 Å². The summed E-state index contributed by atoms with van der Waals surface area (Å²) in [4.78, 5) is 22.7. The lowest BCUT2D eigenvalue weighted by Crippen LogP contribution is -2.46. The first-order valence-corrected chi connectivity index (χ1v) is 8.95. The molecule has 1 heterocycles. The van der Waals surface area contributed by atoms with Gasteiger partial charge in [-0.1, -0.05) is 0 Å². The van der Waals surface area contributed by atoms with E-state index < -0.39 is 35.8 Å². The summed E-state index contributed by atoms with van der Waals surface area (Å²) in [6.45, 7) is 2.44. The minimum atomic E-state index is -4.41. The lowest BCUT2D eigenvalue weighted by Gasteiger charge is -2.17. The number of carbonyl (C=O) groups excluding carboxylic acids is 1. The number of hydrogen-bond acceptors (Lipinski definition) is 7. The molecule has 1 amide bonds. The average molecular weight is 361 g/mol. The lowest BCUT2D eigenvalue weighted by molar-refractivity contribution is -0.384. The molecule has 0 spiro atoms. The van der Waals surface area contributed by atoms with E-state index >= 15 is 0 Å². The van der Waals surface area contributed by atoms with Gasteiger partial charge in [-0.3, -0.25) is 14.9 Å². The molecule has 10 nitrogen and oxygen atoms in total. The van der Waals surface area contributed by atoms with Gasteiger partial charge in [-0.2, -0.15) is 8.42 Å². The van der Waals surface area contributed by atoms with Gasteiger partial charge in [0, 0.05) is 17.7 Å². The van der Waals surface area contributed by atoms with Gasteiger partial charge in [0.1, 0.15) is 0 Å². The zero-order valence-electron chi connectivity index (χ0n) is 11.9. The van der Waals surface area contributed by atoms with E-state index in [0.717, 1.165) is 24.3 Å². The largest absolute Gasteiger partial charge is 0.279 e. The molecule has 0 saturated carbocycles. The van der Waals surface area contributed by atoms with Crippen LogP contribution in [-0.4, -0.2) is 32.1 Å². The number of sulfonamides is 2. The zero-order chi connectivity index (χ0) is 17.6. The van der Waals surface area contributed by atoms with Crippen LogP contribution in [-0.2, 0) is 24.8 Å². The molecule has 0 bridgehead atoms. The van der Waals surface area contributed by atoms with Crippen LogP contribution in [0, 0.1) is 10.1 Å². The maximum atomic E-state index is 12.2. The van der Waals surface area contributed by atoms with Gasteiger partial charge in [-0.15, -0.1) is 9.25 Å². The highest BCUT2D eigenvalue weighted by Crippen LogP contribution is 2.26. The number of nitrogens with one attached hydrogen (secondary N) is 1. The van der Waals surface area contributed by atoms with Crippen molar-refractivity contribution in [2.75, 3.05) is 0 Å². The van der Waals surface area contributed by atoms with Crippen LogP contribution >= 0.6 is 0 Å². The SMILES string of the molecule is CC1=C(C)S(=O)(=O)N(NS(=O)(=O)c2ccc([N+](=O)[O-])cc2)C1=O. The Bertz CT molecular complexity index is 930. The second-order valence-electron chi connectivity index (χ2n) is 4.60. The third-order valence-electron chi connectivity index (χ3n) is 3.22. The second kappa shape index (κ2) is 5.40. The quantitative estimate of drug-likeness (QED) is 0.598. The molecular formula is C11H11N3O7S2. The molecule has 0 saturated heterocycles. The summed E-state index contributed by atoms with van der Waals surface area (Å²) in [6, 6.07) is 3.76. The van der Waals surface area contributed by atoms with Crippen molar-refractivity contribution in [1.82, 2.24) is 9.25 Å². The van der Waals surface area contributed by atoms with Gasteiger partial charge in [-0.05, 0) is 26.0 Å². The number of amides is 1. The number of nitro groups is 1. The molecule has 0 radical (unpaired) electrons. The molecule has 0 aromatic heterocycles. The van der Waals surface area contributed by atoms with E-state index in [-0.39, 0.29) is 20.6 Å². The predicted molar refractivity (Wildman–Crippen MR) is 77.6 cm³/mol. The van der Waals surface area contributed by atoms with Gasteiger partial charge >= 0.3 is 0 Å². The molecule has 2 rings (SSSR count). The standard InChI is InChI=1S/C11H11N3O7S2/c1-7-8(2)23(20,21)13(11(7)15)12-22(18,19)10-5-3-9(4-6-10)14(16)17/h3-6,12H,1-2H3. The summed E-state index contributed by atoms with van der Waals surface area (Å²) in [7, 11) is -8.67. The van der Waals surface area contributed by atoms with E-state index in [1.54, 1.807) is 4.83 Å². The number of non-ortho nitro benzene ring substituents is 1. The van der Waals surface area contributed by atoms with Crippen LogP contribution in [0.3, 0.4) is 0 Å². The molecule has 1 aliphatic heterocycles. The fourth-order valence-electron chi connectivity index (χ4n) is 1.74. The Balaban J connectivity index is 2.36. The molecular weight excluding hydrogens is 350 g/mol. The first-order valence-electron chi connectivity index (χ1n) is 6.02. The Labute approximate surface area is 131 Å². The first kappa shape index (κ1) is 17.1. The second-order valence-corrected chi connectivity index (χ2v) is 8.19. The Morgan fingerprint density at radius 2 is 1.70 bits per heavy atom. The van der Waals surface area contributed by atoms with E-state index in [9.17, 15) is 31.7 Å². The monoisotopic (exact) mass is 361 g/mol. The van der Waals surface area contributed by atoms with Crippen molar-refractivity contribution < 1.29 is 26.6 Å². The van der Waals surface area contributed by atoms with Crippen LogP contribution in [0.15, 0.2) is 39.6 Å². The predicted octanol–water partition coefficient (Wildman–Crippen LogP) is 0.254. The number of allylic oxidation sites excluding steroid dienone is 1. The maximum Gasteiger partial charge on any atom is 0.279 e. The molecule has 1 N–H and O–H groups in total. The summed E-state index contributed by atoms with van der Waals surface area (Å²) >= 11 is 0. The van der Waals surface area contributed by atoms with E-state index in [1.165, 1.54) is 13.8 Å². The summed E-state index contributed by atoms with van der Waals surface area (Å²) < 4.78 is 48.3. The van der Waals surface area contributed by atoms with E-state index in [1.807, 2.05) is 0 Å². The van der Waals surface area contributed by atoms with Crippen LogP contribution in [0.25, 0.3) is 0 Å². The highest BCUT2D eigenvalue weighted by Gasteiger charge is 2.42. The smallest absolute Gasteiger partial charge is 0.267 e. The van der Waals surface area contributed by atoms with Crippen molar-refractivity contribution in [3.8, 4) is 0 Å². The van der Waals surface area contributed by atoms with Crippen molar-refractivity contribution in [2.45, 2.75) is 18.7 Å². The molecule has 23 heavy (non-hydrogen) atoms. The van der Waals surface area contributed by atoms with Crippen molar-refractivity contribution in [3.05, 3.63) is 44.9 Å². The highest BCUT2D eigenvalue weighted by molar-refractivity contribution is 7.95. The molecule has 0 unspecified atom stereocenters. The Morgan fingerprint density at radius 3 is 2.09 bits per heavy atom. The van der Waals surface area contributed by atoms with Crippen LogP contribution in [0.2, 0.25) is 0 Å². The number of benzene rings is 1. The van der Waals surface area contributed by atoms with Gasteiger partial charge in [-0.25, -0.2) is 8.42 Å². The van der Waals surface area contributed by atoms with E-state index in [4.69, 9.17) is 0 Å². The van der Waals surface area contributed by atoms with Crippen LogP contribution in [0.5, 0.6) is 0 Å².